The van der Waals surface area contributed by atoms with Gasteiger partial charge in [-0.05, 0) is 19.4 Å². The van der Waals surface area contributed by atoms with Crippen LogP contribution in [-0.4, -0.2) is 46.3 Å². The Balaban J connectivity index is 2.31. The van der Waals surface area contributed by atoms with Crippen molar-refractivity contribution in [2.75, 3.05) is 18.0 Å². The lowest BCUT2D eigenvalue weighted by atomic mass is 10.1. The molecule has 2 amide bonds. The molecule has 0 saturated carbocycles. The van der Waals surface area contributed by atoms with Crippen LogP contribution in [0.1, 0.15) is 24.7 Å². The number of aliphatic hydroxyl groups is 1. The maximum atomic E-state index is 12.0. The summed E-state index contributed by atoms with van der Waals surface area (Å²) in [7, 11) is 0. The Morgan fingerprint density at radius 3 is 2.77 bits per heavy atom. The molecule has 1 saturated heterocycles. The molecule has 1 aliphatic heterocycles. The van der Waals surface area contributed by atoms with Gasteiger partial charge >= 0.3 is 0 Å². The van der Waals surface area contributed by atoms with E-state index in [4.69, 9.17) is 5.73 Å². The second-order valence-electron chi connectivity index (χ2n) is 5.18. The van der Waals surface area contributed by atoms with Crippen LogP contribution in [0.4, 0.5) is 5.69 Å². The van der Waals surface area contributed by atoms with E-state index in [1.807, 2.05) is 4.90 Å². The minimum Gasteiger partial charge on any atom is -0.404 e. The number of β-amino-alcohol motifs (C(OH)–C–C–N with tert-alkyl or cyclic N) is 1. The minimum atomic E-state index is -0.624. The number of amides is 2. The highest BCUT2D eigenvalue weighted by molar-refractivity contribution is 6.22. The third-order valence-corrected chi connectivity index (χ3v) is 3.43. The molecule has 8 nitrogen and oxygen atoms in total. The number of nitrogens with zero attached hydrogens (tertiary/aromatic N) is 3. The molecule has 1 atom stereocenters. The number of carbonyl (C=O) groups excluding carboxylic acids is 2. The van der Waals surface area contributed by atoms with Crippen LogP contribution in [0.15, 0.2) is 12.3 Å². The van der Waals surface area contributed by atoms with E-state index in [1.165, 1.54) is 6.92 Å². The number of nitrogens with two attached hydrogens (primary N) is 1. The molecule has 0 bridgehead atoms. The molecule has 8 heteroatoms. The topological polar surface area (TPSA) is 121 Å². The number of aryl methyl sites for hydroxylation is 1. The van der Waals surface area contributed by atoms with Gasteiger partial charge in [0.2, 0.25) is 5.91 Å². The fourth-order valence-electron chi connectivity index (χ4n) is 2.36. The van der Waals surface area contributed by atoms with E-state index in [0.29, 0.717) is 25.2 Å². The van der Waals surface area contributed by atoms with Gasteiger partial charge in [0.25, 0.3) is 5.91 Å². The SMILES string of the molecule is CC(=O)NC(=O)/C(=C\N)c1cc(N2CCC(O)C2)c(C)nn1. The summed E-state index contributed by atoms with van der Waals surface area (Å²) in [6, 6.07) is 1.69. The highest BCUT2D eigenvalue weighted by Gasteiger charge is 2.24. The first-order valence-electron chi connectivity index (χ1n) is 6.94. The highest BCUT2D eigenvalue weighted by Crippen LogP contribution is 2.25. The lowest BCUT2D eigenvalue weighted by Gasteiger charge is -2.20. The summed E-state index contributed by atoms with van der Waals surface area (Å²) in [6.07, 6.45) is 1.41. The normalized spacial score (nSPS) is 18.4. The van der Waals surface area contributed by atoms with Crippen LogP contribution < -0.4 is 16.0 Å². The van der Waals surface area contributed by atoms with Crippen LogP contribution in [0.2, 0.25) is 0 Å². The molecule has 118 valence electrons. The van der Waals surface area contributed by atoms with Crippen LogP contribution in [-0.2, 0) is 9.59 Å². The summed E-state index contributed by atoms with van der Waals surface area (Å²) in [4.78, 5) is 24.9. The van der Waals surface area contributed by atoms with E-state index in [-0.39, 0.29) is 17.4 Å². The summed E-state index contributed by atoms with van der Waals surface area (Å²) in [6.45, 7) is 4.25. The summed E-state index contributed by atoms with van der Waals surface area (Å²) >= 11 is 0. The van der Waals surface area contributed by atoms with Crippen molar-refractivity contribution in [3.63, 3.8) is 0 Å². The van der Waals surface area contributed by atoms with Crippen LogP contribution in [0.25, 0.3) is 5.57 Å². The Labute approximate surface area is 128 Å². The van der Waals surface area contributed by atoms with E-state index in [1.54, 1.807) is 13.0 Å². The van der Waals surface area contributed by atoms with Gasteiger partial charge in [0.15, 0.2) is 0 Å². The monoisotopic (exact) mass is 305 g/mol. The summed E-state index contributed by atoms with van der Waals surface area (Å²) < 4.78 is 0. The van der Waals surface area contributed by atoms with Gasteiger partial charge in [-0.3, -0.25) is 14.9 Å². The molecule has 22 heavy (non-hydrogen) atoms. The van der Waals surface area contributed by atoms with Crippen LogP contribution >= 0.6 is 0 Å². The fraction of sp³-hybridized carbons (Fsp3) is 0.429. The van der Waals surface area contributed by atoms with Crippen molar-refractivity contribution in [1.29, 1.82) is 0 Å². The number of nitrogens with one attached hydrogen (secondary N) is 1. The van der Waals surface area contributed by atoms with Crippen molar-refractivity contribution < 1.29 is 14.7 Å². The Bertz CT molecular complexity index is 629. The average molecular weight is 305 g/mol. The largest absolute Gasteiger partial charge is 0.404 e. The third-order valence-electron chi connectivity index (χ3n) is 3.43. The Morgan fingerprint density at radius 2 is 2.23 bits per heavy atom. The molecule has 1 aliphatic rings. The van der Waals surface area contributed by atoms with Gasteiger partial charge in [0.05, 0.1) is 23.1 Å². The predicted molar refractivity (Wildman–Crippen MR) is 80.6 cm³/mol. The van der Waals surface area contributed by atoms with Crippen molar-refractivity contribution in [3.8, 4) is 0 Å². The van der Waals surface area contributed by atoms with Crippen molar-refractivity contribution in [2.45, 2.75) is 26.4 Å². The molecule has 0 aliphatic carbocycles. The smallest absolute Gasteiger partial charge is 0.261 e. The summed E-state index contributed by atoms with van der Waals surface area (Å²) in [5.41, 5.74) is 7.33. The fourth-order valence-corrected chi connectivity index (χ4v) is 2.36. The second kappa shape index (κ2) is 6.52. The Kier molecular flexibility index (Phi) is 4.71. The molecule has 2 heterocycles. The van der Waals surface area contributed by atoms with Crippen molar-refractivity contribution in [1.82, 2.24) is 15.5 Å². The van der Waals surface area contributed by atoms with Gasteiger partial charge in [0.1, 0.15) is 5.69 Å². The summed E-state index contributed by atoms with van der Waals surface area (Å²) in [5, 5.41) is 19.8. The van der Waals surface area contributed by atoms with Gasteiger partial charge in [-0.2, -0.15) is 5.10 Å². The molecule has 1 aromatic rings. The van der Waals surface area contributed by atoms with E-state index >= 15 is 0 Å². The van der Waals surface area contributed by atoms with Gasteiger partial charge in [-0.25, -0.2) is 0 Å². The molecular weight excluding hydrogens is 286 g/mol. The lowest BCUT2D eigenvalue weighted by Crippen LogP contribution is -2.30. The number of aromatic nitrogens is 2. The first-order valence-corrected chi connectivity index (χ1v) is 6.94. The van der Waals surface area contributed by atoms with Crippen molar-refractivity contribution in [3.05, 3.63) is 23.7 Å². The third kappa shape index (κ3) is 3.40. The number of hydrogen-bond acceptors (Lipinski definition) is 7. The zero-order valence-corrected chi connectivity index (χ0v) is 12.5. The molecule has 0 aromatic carbocycles. The van der Waals surface area contributed by atoms with E-state index < -0.39 is 11.8 Å². The molecule has 1 unspecified atom stereocenters. The quantitative estimate of drug-likeness (QED) is 0.632. The van der Waals surface area contributed by atoms with Crippen molar-refractivity contribution >= 4 is 23.1 Å². The molecule has 1 fully saturated rings. The van der Waals surface area contributed by atoms with E-state index in [9.17, 15) is 14.7 Å². The molecule has 0 spiro atoms. The summed E-state index contributed by atoms with van der Waals surface area (Å²) in [5.74, 6) is -1.10. The van der Waals surface area contributed by atoms with Gasteiger partial charge in [-0.1, -0.05) is 0 Å². The Hall–Kier alpha value is -2.48. The molecular formula is C14H19N5O3. The zero-order valence-electron chi connectivity index (χ0n) is 12.5. The average Bonchev–Trinajstić information content (AvgIpc) is 2.87. The first kappa shape index (κ1) is 15.9. The minimum absolute atomic E-state index is 0.0729. The van der Waals surface area contributed by atoms with Gasteiger partial charge in [0, 0.05) is 26.2 Å². The van der Waals surface area contributed by atoms with Crippen LogP contribution in [0.3, 0.4) is 0 Å². The molecule has 2 rings (SSSR count). The van der Waals surface area contributed by atoms with E-state index in [2.05, 4.69) is 15.5 Å². The first-order chi connectivity index (χ1) is 10.4. The predicted octanol–water partition coefficient (Wildman–Crippen LogP) is -0.682. The van der Waals surface area contributed by atoms with Crippen LogP contribution in [0, 0.1) is 6.92 Å². The van der Waals surface area contributed by atoms with Crippen LogP contribution in [0.5, 0.6) is 0 Å². The molecule has 0 radical (unpaired) electrons. The highest BCUT2D eigenvalue weighted by atomic mass is 16.3. The number of carbonyl (C=O) groups is 2. The van der Waals surface area contributed by atoms with Gasteiger partial charge < -0.3 is 15.7 Å². The number of rotatable bonds is 3. The van der Waals surface area contributed by atoms with Crippen molar-refractivity contribution in [2.24, 2.45) is 5.73 Å². The number of imide groups is 1. The second-order valence-corrected chi connectivity index (χ2v) is 5.18. The maximum Gasteiger partial charge on any atom is 0.261 e. The number of aliphatic hydroxyl groups excluding tert-OH is 1. The van der Waals surface area contributed by atoms with E-state index in [0.717, 1.165) is 11.9 Å². The Morgan fingerprint density at radius 1 is 1.50 bits per heavy atom. The zero-order chi connectivity index (χ0) is 16.3. The standard InChI is InChI=1S/C14H19N5O3/c1-8-13(19-4-3-10(21)7-19)5-12(18-17-8)11(6-15)14(22)16-9(2)20/h5-6,10,21H,3-4,7,15H2,1-2H3,(H,16,20,22)/b11-6-. The number of anilines is 1. The molecule has 4 N–H and O–H groups in total. The molecule has 1 aromatic heterocycles. The van der Waals surface area contributed by atoms with Gasteiger partial charge in [-0.15, -0.1) is 5.10 Å². The number of hydrogen-bond donors (Lipinski definition) is 3. The maximum absolute atomic E-state index is 12.0. The lowest BCUT2D eigenvalue weighted by molar-refractivity contribution is -0.126.